The maximum Gasteiger partial charge on any atom is 0.327 e. The van der Waals surface area contributed by atoms with Crippen LogP contribution in [-0.2, 0) is 9.59 Å². The molecule has 1 aromatic heterocycles. The Morgan fingerprint density at radius 1 is 1.36 bits per heavy atom. The first kappa shape index (κ1) is 20.6. The van der Waals surface area contributed by atoms with Gasteiger partial charge in [-0.2, -0.15) is 0 Å². The Hall–Kier alpha value is -2.11. The second-order valence-electron chi connectivity index (χ2n) is 7.04. The Bertz CT molecular complexity index is 756. The number of rotatable bonds is 6. The number of hydrogen-bond donors (Lipinski definition) is 3. The Labute approximate surface area is 167 Å². The minimum Gasteiger partial charge on any atom is -0.360 e. The molecule has 3 N–H and O–H groups in total. The molecule has 10 nitrogen and oxygen atoms in total. The summed E-state index contributed by atoms with van der Waals surface area (Å²) < 4.78 is 4.94. The van der Waals surface area contributed by atoms with Gasteiger partial charge < -0.3 is 14.7 Å². The highest BCUT2D eigenvalue weighted by molar-refractivity contribution is 8.00. The summed E-state index contributed by atoms with van der Waals surface area (Å²) in [5, 5.41) is 12.9. The summed E-state index contributed by atoms with van der Waals surface area (Å²) in [5.41, 5.74) is 0. The lowest BCUT2D eigenvalue weighted by Crippen LogP contribution is -2.74. The Balaban J connectivity index is 1.70. The molecule has 28 heavy (non-hydrogen) atoms. The van der Waals surface area contributed by atoms with Crippen molar-refractivity contribution in [2.45, 2.75) is 44.4 Å². The number of nitrogens with one attached hydrogen (secondary N) is 3. The number of aryl methyl sites for hydroxylation is 1. The van der Waals surface area contributed by atoms with Crippen LogP contribution in [0.15, 0.2) is 10.6 Å². The number of anilines is 1. The predicted molar refractivity (Wildman–Crippen MR) is 104 cm³/mol. The normalized spacial score (nSPS) is 27.7. The van der Waals surface area contributed by atoms with Crippen LogP contribution in [0, 0.1) is 12.8 Å². The molecule has 4 unspecified atom stereocenters. The number of carbonyl (C=O) groups is 3. The van der Waals surface area contributed by atoms with Crippen molar-refractivity contribution in [3.63, 3.8) is 0 Å². The second-order valence-corrected chi connectivity index (χ2v) is 8.17. The fourth-order valence-electron chi connectivity index (χ4n) is 3.49. The zero-order valence-corrected chi connectivity index (χ0v) is 17.2. The first-order valence-electron chi connectivity index (χ1n) is 9.23. The molecule has 2 aliphatic rings. The van der Waals surface area contributed by atoms with Crippen LogP contribution < -0.4 is 16.0 Å². The molecule has 0 bridgehead atoms. The van der Waals surface area contributed by atoms with E-state index in [1.54, 1.807) is 24.9 Å². The minimum atomic E-state index is -0.493. The van der Waals surface area contributed by atoms with Crippen molar-refractivity contribution in [2.75, 3.05) is 25.2 Å². The van der Waals surface area contributed by atoms with Crippen LogP contribution in [0.5, 0.6) is 0 Å². The van der Waals surface area contributed by atoms with Crippen molar-refractivity contribution >= 4 is 35.4 Å². The van der Waals surface area contributed by atoms with E-state index in [1.807, 2.05) is 0 Å². The Morgan fingerprint density at radius 2 is 2.11 bits per heavy atom. The molecule has 4 amide bonds. The second kappa shape index (κ2) is 8.50. The summed E-state index contributed by atoms with van der Waals surface area (Å²) in [5.74, 6) is 0.128. The van der Waals surface area contributed by atoms with Crippen LogP contribution in [0.1, 0.15) is 25.5 Å². The highest BCUT2D eigenvalue weighted by Gasteiger charge is 2.50. The average Bonchev–Trinajstić information content (AvgIpc) is 3.07. The number of amides is 4. The smallest absolute Gasteiger partial charge is 0.327 e. The third-order valence-electron chi connectivity index (χ3n) is 4.89. The van der Waals surface area contributed by atoms with Gasteiger partial charge in [-0.05, 0) is 13.3 Å². The van der Waals surface area contributed by atoms with Gasteiger partial charge in [0, 0.05) is 20.2 Å². The summed E-state index contributed by atoms with van der Waals surface area (Å²) in [6.45, 7) is 3.81. The first-order chi connectivity index (χ1) is 13.3. The largest absolute Gasteiger partial charge is 0.360 e. The molecule has 0 aliphatic carbocycles. The van der Waals surface area contributed by atoms with Gasteiger partial charge in [0.05, 0.1) is 29.4 Å². The molecule has 4 atom stereocenters. The van der Waals surface area contributed by atoms with Gasteiger partial charge in [0.25, 0.3) is 0 Å². The monoisotopic (exact) mass is 410 g/mol. The van der Waals surface area contributed by atoms with Crippen LogP contribution in [0.2, 0.25) is 0 Å². The number of aromatic nitrogens is 1. The molecule has 0 aromatic carbocycles. The maximum atomic E-state index is 12.8. The molecule has 2 fully saturated rings. The Morgan fingerprint density at radius 3 is 2.75 bits per heavy atom. The molecule has 3 rings (SSSR count). The third-order valence-corrected chi connectivity index (χ3v) is 6.11. The summed E-state index contributed by atoms with van der Waals surface area (Å²) in [6.07, 6.45) is 1.33. The van der Waals surface area contributed by atoms with Gasteiger partial charge in [0.1, 0.15) is 5.76 Å². The fourth-order valence-corrected chi connectivity index (χ4v) is 4.63. The van der Waals surface area contributed by atoms with E-state index < -0.39 is 12.1 Å². The first-order valence-corrected chi connectivity index (χ1v) is 10.3. The fraction of sp³-hybridized carbons (Fsp3) is 0.647. The highest BCUT2D eigenvalue weighted by atomic mass is 32.2. The molecule has 0 radical (unpaired) electrons. The van der Waals surface area contributed by atoms with Gasteiger partial charge in [0.15, 0.2) is 5.82 Å². The minimum absolute atomic E-state index is 0.0449. The van der Waals surface area contributed by atoms with E-state index >= 15 is 0 Å². The zero-order chi connectivity index (χ0) is 20.4. The summed E-state index contributed by atoms with van der Waals surface area (Å²) in [4.78, 5) is 40.1. The molecular formula is C17H26N6O4S. The molecule has 2 saturated heterocycles. The van der Waals surface area contributed by atoms with Crippen LogP contribution in [-0.4, -0.2) is 70.4 Å². The van der Waals surface area contributed by atoms with E-state index in [9.17, 15) is 14.4 Å². The number of urea groups is 1. The SMILES string of the molecule is CCCC1NC(SCC(=O)Nc2cc(C)on2)C2C(=O)N(C)C(=O)N(C)C2N1. The van der Waals surface area contributed by atoms with Gasteiger partial charge in [0.2, 0.25) is 11.8 Å². The molecule has 1 aromatic rings. The van der Waals surface area contributed by atoms with Crippen molar-refractivity contribution in [1.29, 1.82) is 0 Å². The Kier molecular flexibility index (Phi) is 6.26. The van der Waals surface area contributed by atoms with Gasteiger partial charge in [-0.15, -0.1) is 11.8 Å². The molecule has 11 heteroatoms. The standard InChI is InChI=1S/C17H26N6O4S/c1-5-6-10-19-14-13(16(25)23(4)17(26)22(14)3)15(20-10)28-8-12(24)18-11-7-9(2)27-21-11/h7,10,13-15,19-20H,5-6,8H2,1-4H3,(H,18,21,24). The van der Waals surface area contributed by atoms with E-state index in [4.69, 9.17) is 4.52 Å². The van der Waals surface area contributed by atoms with Gasteiger partial charge in [-0.3, -0.25) is 25.1 Å². The van der Waals surface area contributed by atoms with Crippen molar-refractivity contribution in [3.8, 4) is 0 Å². The molecule has 154 valence electrons. The van der Waals surface area contributed by atoms with Crippen LogP contribution >= 0.6 is 11.8 Å². The third kappa shape index (κ3) is 4.15. The van der Waals surface area contributed by atoms with E-state index in [0.29, 0.717) is 11.6 Å². The van der Waals surface area contributed by atoms with Gasteiger partial charge in [-0.25, -0.2) is 4.79 Å². The number of fused-ring (bicyclic) bond motifs is 1. The predicted octanol–water partition coefficient (Wildman–Crippen LogP) is 0.766. The van der Waals surface area contributed by atoms with Crippen molar-refractivity contribution in [2.24, 2.45) is 5.92 Å². The van der Waals surface area contributed by atoms with Gasteiger partial charge in [-0.1, -0.05) is 18.5 Å². The summed E-state index contributed by atoms with van der Waals surface area (Å²) in [7, 11) is 3.17. The average molecular weight is 411 g/mol. The van der Waals surface area contributed by atoms with E-state index in [-0.39, 0.29) is 35.1 Å². The summed E-state index contributed by atoms with van der Waals surface area (Å²) >= 11 is 1.35. The number of carbonyl (C=O) groups excluding carboxylic acids is 3. The topological polar surface area (TPSA) is 120 Å². The lowest BCUT2D eigenvalue weighted by molar-refractivity contribution is -0.140. The van der Waals surface area contributed by atoms with Crippen LogP contribution in [0.3, 0.4) is 0 Å². The van der Waals surface area contributed by atoms with E-state index in [2.05, 4.69) is 28.0 Å². The molecule has 2 aliphatic heterocycles. The number of nitrogens with zero attached hydrogens (tertiary/aromatic N) is 3. The van der Waals surface area contributed by atoms with Crippen molar-refractivity contribution in [3.05, 3.63) is 11.8 Å². The molecule has 3 heterocycles. The quantitative estimate of drug-likeness (QED) is 0.629. The molecule has 0 saturated carbocycles. The van der Waals surface area contributed by atoms with Crippen molar-refractivity contribution in [1.82, 2.24) is 25.6 Å². The van der Waals surface area contributed by atoms with E-state index in [0.717, 1.165) is 17.7 Å². The van der Waals surface area contributed by atoms with Crippen molar-refractivity contribution < 1.29 is 18.9 Å². The zero-order valence-electron chi connectivity index (χ0n) is 16.4. The van der Waals surface area contributed by atoms with Crippen LogP contribution in [0.4, 0.5) is 10.6 Å². The molecular weight excluding hydrogens is 384 g/mol. The van der Waals surface area contributed by atoms with E-state index in [1.165, 1.54) is 18.8 Å². The lowest BCUT2D eigenvalue weighted by Gasteiger charge is -2.50. The van der Waals surface area contributed by atoms with Gasteiger partial charge >= 0.3 is 6.03 Å². The number of thioether (sulfide) groups is 1. The number of hydrogen-bond acceptors (Lipinski definition) is 8. The maximum absolute atomic E-state index is 12.8. The van der Waals surface area contributed by atoms with Crippen LogP contribution in [0.25, 0.3) is 0 Å². The lowest BCUT2D eigenvalue weighted by atomic mass is 9.96. The number of imide groups is 1. The molecule has 0 spiro atoms. The summed E-state index contributed by atoms with van der Waals surface area (Å²) in [6, 6.07) is 1.30. The highest BCUT2D eigenvalue weighted by Crippen LogP contribution is 2.31.